The molecule has 0 spiro atoms. The zero-order valence-corrected chi connectivity index (χ0v) is 8.20. The highest BCUT2D eigenvalue weighted by molar-refractivity contribution is 5.92. The molecule has 4 nitrogen and oxygen atoms in total. The van der Waals surface area contributed by atoms with E-state index in [1.54, 1.807) is 6.07 Å². The van der Waals surface area contributed by atoms with Gasteiger partial charge in [-0.15, -0.1) is 0 Å². The van der Waals surface area contributed by atoms with E-state index >= 15 is 0 Å². The lowest BCUT2D eigenvalue weighted by Crippen LogP contribution is -2.04. The molecule has 0 aliphatic carbocycles. The molecule has 1 rings (SSSR count). The zero-order chi connectivity index (χ0) is 12.3. The minimum Gasteiger partial charge on any atom is -0.495 e. The average molecular weight is 227 g/mol. The molecule has 1 aromatic carbocycles. The highest BCUT2D eigenvalue weighted by Crippen LogP contribution is 2.29. The summed E-state index contributed by atoms with van der Waals surface area (Å²) in [7, 11) is 1.18. The van der Waals surface area contributed by atoms with Crippen molar-refractivity contribution < 1.29 is 23.4 Å². The monoisotopic (exact) mass is 227 g/mol. The SMILES string of the molecule is COc1cc(C(F)F)cc(C(=O)O)c1C#N. The van der Waals surface area contributed by atoms with E-state index in [2.05, 4.69) is 0 Å². The maximum absolute atomic E-state index is 12.4. The predicted octanol–water partition coefficient (Wildman–Crippen LogP) is 2.20. The summed E-state index contributed by atoms with van der Waals surface area (Å²) < 4.78 is 29.6. The molecule has 0 atom stereocenters. The van der Waals surface area contributed by atoms with Crippen molar-refractivity contribution in [3.63, 3.8) is 0 Å². The van der Waals surface area contributed by atoms with Crippen LogP contribution in [0.15, 0.2) is 12.1 Å². The first-order valence-electron chi connectivity index (χ1n) is 4.14. The lowest BCUT2D eigenvalue weighted by atomic mass is 10.0. The second kappa shape index (κ2) is 4.57. The topological polar surface area (TPSA) is 70.3 Å². The van der Waals surface area contributed by atoms with E-state index in [0.29, 0.717) is 0 Å². The molecule has 84 valence electrons. The summed E-state index contributed by atoms with van der Waals surface area (Å²) in [4.78, 5) is 10.8. The smallest absolute Gasteiger partial charge is 0.337 e. The molecule has 0 unspecified atom stereocenters. The minimum absolute atomic E-state index is 0.169. The van der Waals surface area contributed by atoms with Crippen molar-refractivity contribution in [3.8, 4) is 11.8 Å². The fraction of sp³-hybridized carbons (Fsp3) is 0.200. The van der Waals surface area contributed by atoms with Crippen molar-refractivity contribution in [1.82, 2.24) is 0 Å². The Labute approximate surface area is 89.7 Å². The summed E-state index contributed by atoms with van der Waals surface area (Å²) in [6.45, 7) is 0. The number of benzene rings is 1. The number of methoxy groups -OCH3 is 1. The second-order valence-corrected chi connectivity index (χ2v) is 2.86. The number of hydrogen-bond acceptors (Lipinski definition) is 3. The molecule has 16 heavy (non-hydrogen) atoms. The van der Waals surface area contributed by atoms with Gasteiger partial charge >= 0.3 is 5.97 Å². The number of alkyl halides is 2. The number of nitriles is 1. The van der Waals surface area contributed by atoms with Gasteiger partial charge in [0.1, 0.15) is 17.4 Å². The molecule has 0 aromatic heterocycles. The predicted molar refractivity (Wildman–Crippen MR) is 49.6 cm³/mol. The third-order valence-electron chi connectivity index (χ3n) is 1.94. The Morgan fingerprint density at radius 1 is 1.56 bits per heavy atom. The van der Waals surface area contributed by atoms with Gasteiger partial charge in [-0.3, -0.25) is 0 Å². The van der Waals surface area contributed by atoms with Crippen molar-refractivity contribution in [2.45, 2.75) is 6.43 Å². The average Bonchev–Trinajstić information content (AvgIpc) is 2.26. The van der Waals surface area contributed by atoms with Gasteiger partial charge in [0.2, 0.25) is 0 Å². The molecule has 0 heterocycles. The summed E-state index contributed by atoms with van der Waals surface area (Å²) >= 11 is 0. The Hall–Kier alpha value is -2.16. The van der Waals surface area contributed by atoms with Crippen LogP contribution in [0.25, 0.3) is 0 Å². The van der Waals surface area contributed by atoms with Crippen LogP contribution in [0.3, 0.4) is 0 Å². The molecular weight excluding hydrogens is 220 g/mol. The molecule has 0 amide bonds. The van der Waals surface area contributed by atoms with Crippen LogP contribution in [0, 0.1) is 11.3 Å². The number of ether oxygens (including phenoxy) is 1. The van der Waals surface area contributed by atoms with Gasteiger partial charge in [0, 0.05) is 5.56 Å². The second-order valence-electron chi connectivity index (χ2n) is 2.86. The zero-order valence-electron chi connectivity index (χ0n) is 8.20. The van der Waals surface area contributed by atoms with Gasteiger partial charge in [0.15, 0.2) is 0 Å². The van der Waals surface area contributed by atoms with Crippen molar-refractivity contribution in [2.24, 2.45) is 0 Å². The first kappa shape index (κ1) is 11.9. The maximum atomic E-state index is 12.4. The number of halogens is 2. The fourth-order valence-corrected chi connectivity index (χ4v) is 1.21. The van der Waals surface area contributed by atoms with E-state index in [9.17, 15) is 13.6 Å². The first-order chi connectivity index (χ1) is 7.51. The van der Waals surface area contributed by atoms with E-state index in [1.165, 1.54) is 7.11 Å². The van der Waals surface area contributed by atoms with Gasteiger partial charge in [-0.2, -0.15) is 5.26 Å². The van der Waals surface area contributed by atoms with Gasteiger partial charge in [-0.25, -0.2) is 13.6 Å². The lowest BCUT2D eigenvalue weighted by molar-refractivity contribution is 0.0695. The van der Waals surface area contributed by atoms with Gasteiger partial charge in [-0.1, -0.05) is 0 Å². The molecule has 0 aliphatic heterocycles. The Balaban J connectivity index is 3.51. The standard InChI is InChI=1S/C10H7F2NO3/c1-16-8-3-5(9(11)12)2-6(10(14)15)7(8)4-13/h2-3,9H,1H3,(H,14,15). The Bertz CT molecular complexity index is 466. The van der Waals surface area contributed by atoms with Gasteiger partial charge in [0.25, 0.3) is 6.43 Å². The van der Waals surface area contributed by atoms with Crippen LogP contribution in [-0.2, 0) is 0 Å². The lowest BCUT2D eigenvalue weighted by Gasteiger charge is -2.08. The number of nitrogens with zero attached hydrogens (tertiary/aromatic N) is 1. The highest BCUT2D eigenvalue weighted by Gasteiger charge is 2.20. The van der Waals surface area contributed by atoms with Crippen LogP contribution in [0.5, 0.6) is 5.75 Å². The number of rotatable bonds is 3. The summed E-state index contributed by atoms with van der Waals surface area (Å²) in [5.74, 6) is -1.62. The van der Waals surface area contributed by atoms with Crippen molar-refractivity contribution in [1.29, 1.82) is 5.26 Å². The fourth-order valence-electron chi connectivity index (χ4n) is 1.21. The van der Waals surface area contributed by atoms with Crippen LogP contribution >= 0.6 is 0 Å². The number of carbonyl (C=O) groups is 1. The Morgan fingerprint density at radius 2 is 2.19 bits per heavy atom. The van der Waals surface area contributed by atoms with Crippen molar-refractivity contribution in [2.75, 3.05) is 7.11 Å². The molecule has 0 saturated heterocycles. The number of carboxylic acid groups (broad SMARTS) is 1. The maximum Gasteiger partial charge on any atom is 0.337 e. The molecule has 0 saturated carbocycles. The highest BCUT2D eigenvalue weighted by atomic mass is 19.3. The third kappa shape index (κ3) is 2.08. The molecule has 0 aliphatic rings. The quantitative estimate of drug-likeness (QED) is 0.859. The van der Waals surface area contributed by atoms with E-state index in [1.807, 2.05) is 0 Å². The molecule has 0 radical (unpaired) electrons. The van der Waals surface area contributed by atoms with E-state index in [0.717, 1.165) is 12.1 Å². The van der Waals surface area contributed by atoms with Crippen molar-refractivity contribution >= 4 is 5.97 Å². The van der Waals surface area contributed by atoms with Crippen LogP contribution in [0.2, 0.25) is 0 Å². The molecule has 1 aromatic rings. The van der Waals surface area contributed by atoms with Gasteiger partial charge in [0.05, 0.1) is 12.7 Å². The number of carboxylic acids is 1. The first-order valence-corrected chi connectivity index (χ1v) is 4.14. The van der Waals surface area contributed by atoms with Crippen LogP contribution in [-0.4, -0.2) is 18.2 Å². The normalized spacial score (nSPS) is 9.94. The summed E-state index contributed by atoms with van der Waals surface area (Å²) in [6.07, 6.45) is -2.82. The van der Waals surface area contributed by atoms with Gasteiger partial charge in [-0.05, 0) is 12.1 Å². The summed E-state index contributed by atoms with van der Waals surface area (Å²) in [5.41, 5.74) is -1.25. The number of aromatic carboxylic acids is 1. The molecule has 6 heteroatoms. The van der Waals surface area contributed by atoms with E-state index in [4.69, 9.17) is 15.1 Å². The van der Waals surface area contributed by atoms with Crippen LogP contribution in [0.1, 0.15) is 27.9 Å². The van der Waals surface area contributed by atoms with Crippen LogP contribution in [0.4, 0.5) is 8.78 Å². The molecular formula is C10H7F2NO3. The van der Waals surface area contributed by atoms with E-state index in [-0.39, 0.29) is 11.3 Å². The van der Waals surface area contributed by atoms with Crippen molar-refractivity contribution in [3.05, 3.63) is 28.8 Å². The Kier molecular flexibility index (Phi) is 3.40. The summed E-state index contributed by atoms with van der Waals surface area (Å²) in [5, 5.41) is 17.5. The third-order valence-corrected chi connectivity index (χ3v) is 1.94. The largest absolute Gasteiger partial charge is 0.495 e. The van der Waals surface area contributed by atoms with E-state index < -0.39 is 23.5 Å². The molecule has 0 fully saturated rings. The van der Waals surface area contributed by atoms with Gasteiger partial charge < -0.3 is 9.84 Å². The summed E-state index contributed by atoms with van der Waals surface area (Å²) in [6, 6.07) is 3.34. The molecule has 0 bridgehead atoms. The van der Waals surface area contributed by atoms with Crippen LogP contribution < -0.4 is 4.74 Å². The minimum atomic E-state index is -2.82. The Morgan fingerprint density at radius 3 is 2.56 bits per heavy atom. The number of hydrogen-bond donors (Lipinski definition) is 1. The molecule has 1 N–H and O–H groups in total.